The van der Waals surface area contributed by atoms with Crippen molar-refractivity contribution < 1.29 is 10.2 Å². The first kappa shape index (κ1) is 21.8. The molecule has 6 N–H and O–H groups in total. The molecule has 0 bridgehead atoms. The first-order valence-corrected chi connectivity index (χ1v) is 9.26. The Balaban J connectivity index is 2.11. The maximum absolute atomic E-state index is 9.79. The minimum Gasteiger partial charge on any atom is -0.374 e. The summed E-state index contributed by atoms with van der Waals surface area (Å²) in [6, 6.07) is 14.6. The van der Waals surface area contributed by atoms with Crippen LogP contribution in [0.15, 0.2) is 58.8 Å². The fourth-order valence-corrected chi connectivity index (χ4v) is 3.08. The molecule has 0 heterocycles. The Morgan fingerprint density at radius 2 is 0.964 bits per heavy atom. The molecule has 0 saturated carbocycles. The van der Waals surface area contributed by atoms with Crippen molar-refractivity contribution in [1.82, 2.24) is 0 Å². The first-order chi connectivity index (χ1) is 13.2. The number of azo groups is 1. The third kappa shape index (κ3) is 5.49. The van der Waals surface area contributed by atoms with Gasteiger partial charge in [-0.25, -0.2) is 0 Å². The van der Waals surface area contributed by atoms with Crippen molar-refractivity contribution in [2.24, 2.45) is 21.7 Å². The summed E-state index contributed by atoms with van der Waals surface area (Å²) in [5, 5.41) is 28.1. The molecule has 8 heteroatoms. The van der Waals surface area contributed by atoms with Crippen molar-refractivity contribution in [1.29, 1.82) is 0 Å². The number of rotatable bonds is 8. The molecule has 0 fully saturated rings. The van der Waals surface area contributed by atoms with E-state index >= 15 is 0 Å². The van der Waals surface area contributed by atoms with Gasteiger partial charge in [-0.15, -0.1) is 0 Å². The zero-order chi connectivity index (χ0) is 20.8. The molecule has 152 valence electrons. The van der Waals surface area contributed by atoms with Crippen molar-refractivity contribution in [3.05, 3.63) is 48.5 Å². The zero-order valence-corrected chi connectivity index (χ0v) is 16.8. The second-order valence-corrected chi connectivity index (χ2v) is 6.79. The average Bonchev–Trinajstić information content (AvgIpc) is 2.61. The fourth-order valence-electron chi connectivity index (χ4n) is 3.08. The van der Waals surface area contributed by atoms with Gasteiger partial charge in [0.05, 0.1) is 23.7 Å². The van der Waals surface area contributed by atoms with Crippen molar-refractivity contribution in [2.75, 3.05) is 9.80 Å². The van der Waals surface area contributed by atoms with Gasteiger partial charge in [0.15, 0.2) is 0 Å². The van der Waals surface area contributed by atoms with Gasteiger partial charge in [-0.05, 0) is 76.2 Å². The molecule has 0 saturated heterocycles. The largest absolute Gasteiger partial charge is 0.374 e. The van der Waals surface area contributed by atoms with Gasteiger partial charge in [0.1, 0.15) is 12.5 Å². The summed E-state index contributed by atoms with van der Waals surface area (Å²) >= 11 is 0. The lowest BCUT2D eigenvalue weighted by atomic mass is 10.2. The van der Waals surface area contributed by atoms with E-state index in [0.29, 0.717) is 17.1 Å². The van der Waals surface area contributed by atoms with Crippen LogP contribution in [0.25, 0.3) is 0 Å². The molecule has 0 aliphatic heterocycles. The number of nitrogens with two attached hydrogens (primary N) is 2. The Hall–Kier alpha value is -2.52. The normalized spacial score (nSPS) is 15.9. The van der Waals surface area contributed by atoms with Crippen LogP contribution in [-0.2, 0) is 0 Å². The summed E-state index contributed by atoms with van der Waals surface area (Å²) in [6.07, 6.45) is -2.02. The van der Waals surface area contributed by atoms with Crippen LogP contribution in [-0.4, -0.2) is 35.0 Å². The highest BCUT2D eigenvalue weighted by atomic mass is 16.3. The summed E-state index contributed by atoms with van der Waals surface area (Å²) in [5.41, 5.74) is 14.9. The van der Waals surface area contributed by atoms with Crippen LogP contribution in [0.5, 0.6) is 0 Å². The highest BCUT2D eigenvalue weighted by Crippen LogP contribution is 2.26. The van der Waals surface area contributed by atoms with E-state index < -0.39 is 12.5 Å². The number of nitrogens with zero attached hydrogens (tertiary/aromatic N) is 4. The van der Waals surface area contributed by atoms with Crippen LogP contribution in [0.2, 0.25) is 0 Å². The van der Waals surface area contributed by atoms with E-state index in [0.717, 1.165) is 5.69 Å². The van der Waals surface area contributed by atoms with Gasteiger partial charge in [0, 0.05) is 11.4 Å². The van der Waals surface area contributed by atoms with Gasteiger partial charge in [-0.1, -0.05) is 0 Å². The molecular formula is C20H30N6O2. The molecule has 0 spiro atoms. The lowest BCUT2D eigenvalue weighted by Gasteiger charge is -2.32. The van der Waals surface area contributed by atoms with Gasteiger partial charge in [0.2, 0.25) is 0 Å². The number of anilines is 2. The molecule has 0 radical (unpaired) electrons. The maximum atomic E-state index is 9.79. The van der Waals surface area contributed by atoms with E-state index in [4.69, 9.17) is 11.5 Å². The number of aliphatic hydroxyl groups is 2. The molecular weight excluding hydrogens is 356 g/mol. The van der Waals surface area contributed by atoms with Gasteiger partial charge in [-0.3, -0.25) is 0 Å². The topological polar surface area (TPSA) is 124 Å². The van der Waals surface area contributed by atoms with E-state index in [1.165, 1.54) is 4.90 Å². The molecule has 0 aromatic heterocycles. The SMILES string of the molecule is CC(N)N(c1ccc(N=Nc2ccc(N(C(C)O)C(C)O)cc2)cc1)C(C)N. The minimum atomic E-state index is -0.807. The molecule has 2 aromatic rings. The Morgan fingerprint density at radius 1 is 0.643 bits per heavy atom. The molecule has 2 aromatic carbocycles. The lowest BCUT2D eigenvalue weighted by Crippen LogP contribution is -2.49. The van der Waals surface area contributed by atoms with E-state index in [1.54, 1.807) is 38.1 Å². The molecule has 28 heavy (non-hydrogen) atoms. The summed E-state index contributed by atoms with van der Waals surface area (Å²) in [5.74, 6) is 0. The average molecular weight is 387 g/mol. The summed E-state index contributed by atoms with van der Waals surface area (Å²) < 4.78 is 0. The third-order valence-corrected chi connectivity index (χ3v) is 4.26. The van der Waals surface area contributed by atoms with Gasteiger partial charge in [-0.2, -0.15) is 10.2 Å². The predicted molar refractivity (Wildman–Crippen MR) is 113 cm³/mol. The molecule has 0 amide bonds. The highest BCUT2D eigenvalue weighted by molar-refractivity contribution is 5.55. The fraction of sp³-hybridized carbons (Fsp3) is 0.400. The van der Waals surface area contributed by atoms with Crippen LogP contribution in [0.3, 0.4) is 0 Å². The van der Waals surface area contributed by atoms with Crippen LogP contribution < -0.4 is 21.3 Å². The Kier molecular flexibility index (Phi) is 7.47. The van der Waals surface area contributed by atoms with Gasteiger partial charge < -0.3 is 31.5 Å². The number of hydrogen-bond donors (Lipinski definition) is 4. The zero-order valence-electron chi connectivity index (χ0n) is 16.8. The second-order valence-electron chi connectivity index (χ2n) is 6.79. The van der Waals surface area contributed by atoms with Gasteiger partial charge >= 0.3 is 0 Å². The summed E-state index contributed by atoms with van der Waals surface area (Å²) in [4.78, 5) is 3.40. The molecule has 4 unspecified atom stereocenters. The quantitative estimate of drug-likeness (QED) is 0.408. The van der Waals surface area contributed by atoms with Gasteiger partial charge in [0.25, 0.3) is 0 Å². The molecule has 0 aliphatic rings. The molecule has 4 atom stereocenters. The maximum Gasteiger partial charge on any atom is 0.126 e. The van der Waals surface area contributed by atoms with Crippen LogP contribution in [0.1, 0.15) is 27.7 Å². The van der Waals surface area contributed by atoms with Crippen molar-refractivity contribution in [2.45, 2.75) is 52.5 Å². The molecule has 0 aliphatic carbocycles. The highest BCUT2D eigenvalue weighted by Gasteiger charge is 2.16. The van der Waals surface area contributed by atoms with E-state index in [9.17, 15) is 10.2 Å². The predicted octanol–water partition coefficient (Wildman–Crippen LogP) is 3.00. The third-order valence-electron chi connectivity index (χ3n) is 4.26. The lowest BCUT2D eigenvalue weighted by molar-refractivity contribution is 0.105. The first-order valence-electron chi connectivity index (χ1n) is 9.26. The van der Waals surface area contributed by atoms with E-state index in [2.05, 4.69) is 10.2 Å². The Morgan fingerprint density at radius 3 is 1.25 bits per heavy atom. The van der Waals surface area contributed by atoms with Crippen molar-refractivity contribution in [3.8, 4) is 0 Å². The smallest absolute Gasteiger partial charge is 0.126 e. The van der Waals surface area contributed by atoms with Crippen molar-refractivity contribution >= 4 is 22.7 Å². The minimum absolute atomic E-state index is 0.200. The van der Waals surface area contributed by atoms with Crippen LogP contribution in [0, 0.1) is 0 Å². The van der Waals surface area contributed by atoms with E-state index in [1.807, 2.05) is 43.0 Å². The number of aliphatic hydroxyl groups excluding tert-OH is 2. The number of benzene rings is 2. The van der Waals surface area contributed by atoms with Crippen LogP contribution in [0.4, 0.5) is 22.7 Å². The van der Waals surface area contributed by atoms with E-state index in [-0.39, 0.29) is 12.3 Å². The Bertz CT molecular complexity index is 676. The summed E-state index contributed by atoms with van der Waals surface area (Å²) in [6.45, 7) is 6.97. The van der Waals surface area contributed by atoms with Crippen molar-refractivity contribution in [3.63, 3.8) is 0 Å². The summed E-state index contributed by atoms with van der Waals surface area (Å²) in [7, 11) is 0. The molecule has 2 rings (SSSR count). The monoisotopic (exact) mass is 386 g/mol. The standard InChI is InChI=1S/C20H30N6O2/c1-13(21)25(14(2)22)19-9-5-17(6-10-19)23-24-18-7-11-20(12-8-18)26(15(3)27)16(4)28/h5-16,27-28H,21-22H2,1-4H3. The molecule has 8 nitrogen and oxygen atoms in total. The second kappa shape index (κ2) is 9.61. The van der Waals surface area contributed by atoms with Crippen LogP contribution >= 0.6 is 0 Å². The number of hydrogen-bond acceptors (Lipinski definition) is 8. The Labute approximate surface area is 166 Å².